The largest absolute Gasteiger partial charge is 0.352 e. The third-order valence-corrected chi connectivity index (χ3v) is 6.38. The van der Waals surface area contributed by atoms with Gasteiger partial charge in [0.25, 0.3) is 5.91 Å². The van der Waals surface area contributed by atoms with Gasteiger partial charge in [-0.2, -0.15) is 0 Å². The SMILES string of the molecule is O=C(NCC1CC1)c1c(CC(=O)C2CC2)sc2c1CCCC2. The van der Waals surface area contributed by atoms with E-state index in [2.05, 4.69) is 5.32 Å². The van der Waals surface area contributed by atoms with Crippen molar-refractivity contribution in [2.75, 3.05) is 6.54 Å². The Bertz CT molecular complexity index is 611. The first kappa shape index (κ1) is 14.4. The van der Waals surface area contributed by atoms with Gasteiger partial charge in [0.2, 0.25) is 0 Å². The predicted octanol–water partition coefficient (Wildman–Crippen LogP) is 3.29. The maximum absolute atomic E-state index is 12.7. The van der Waals surface area contributed by atoms with Crippen molar-refractivity contribution >= 4 is 23.0 Å². The molecule has 118 valence electrons. The number of aryl methyl sites for hydroxylation is 1. The molecular weight excluding hydrogens is 294 g/mol. The van der Waals surface area contributed by atoms with Crippen molar-refractivity contribution in [2.24, 2.45) is 11.8 Å². The lowest BCUT2D eigenvalue weighted by Gasteiger charge is -2.13. The van der Waals surface area contributed by atoms with Crippen LogP contribution in [0.1, 0.15) is 64.2 Å². The molecule has 0 unspecified atom stereocenters. The molecule has 2 fully saturated rings. The van der Waals surface area contributed by atoms with Gasteiger partial charge in [0.05, 0.1) is 5.56 Å². The highest BCUT2D eigenvalue weighted by molar-refractivity contribution is 7.12. The van der Waals surface area contributed by atoms with E-state index in [0.717, 1.165) is 42.7 Å². The van der Waals surface area contributed by atoms with Crippen LogP contribution in [0.5, 0.6) is 0 Å². The second-order valence-electron chi connectivity index (χ2n) is 7.08. The van der Waals surface area contributed by atoms with Crippen molar-refractivity contribution in [3.8, 4) is 0 Å². The Morgan fingerprint density at radius 3 is 2.59 bits per heavy atom. The molecule has 3 aliphatic rings. The van der Waals surface area contributed by atoms with Crippen LogP contribution in [0.15, 0.2) is 0 Å². The fraction of sp³-hybridized carbons (Fsp3) is 0.667. The number of carbonyl (C=O) groups excluding carboxylic acids is 2. The van der Waals surface area contributed by atoms with Gasteiger partial charge in [0.15, 0.2) is 0 Å². The van der Waals surface area contributed by atoms with Gasteiger partial charge in [0.1, 0.15) is 5.78 Å². The van der Waals surface area contributed by atoms with Gasteiger partial charge in [-0.3, -0.25) is 9.59 Å². The molecule has 22 heavy (non-hydrogen) atoms. The van der Waals surface area contributed by atoms with Crippen LogP contribution in [0.4, 0.5) is 0 Å². The minimum Gasteiger partial charge on any atom is -0.352 e. The van der Waals surface area contributed by atoms with E-state index in [-0.39, 0.29) is 11.8 Å². The average Bonchev–Trinajstić information content (AvgIpc) is 3.41. The number of hydrogen-bond donors (Lipinski definition) is 1. The molecule has 0 radical (unpaired) electrons. The summed E-state index contributed by atoms with van der Waals surface area (Å²) in [6.45, 7) is 0.805. The van der Waals surface area contributed by atoms with Gasteiger partial charge in [0, 0.05) is 28.6 Å². The lowest BCUT2D eigenvalue weighted by Crippen LogP contribution is -2.27. The Hall–Kier alpha value is -1.16. The smallest absolute Gasteiger partial charge is 0.252 e. The Balaban J connectivity index is 1.58. The average molecular weight is 317 g/mol. The van der Waals surface area contributed by atoms with Crippen molar-refractivity contribution in [3.63, 3.8) is 0 Å². The zero-order valence-electron chi connectivity index (χ0n) is 13.0. The second kappa shape index (κ2) is 5.80. The van der Waals surface area contributed by atoms with Gasteiger partial charge >= 0.3 is 0 Å². The lowest BCUT2D eigenvalue weighted by molar-refractivity contribution is -0.119. The van der Waals surface area contributed by atoms with E-state index in [4.69, 9.17) is 0 Å². The molecule has 0 saturated heterocycles. The summed E-state index contributed by atoms with van der Waals surface area (Å²) in [4.78, 5) is 27.3. The van der Waals surface area contributed by atoms with Crippen LogP contribution in [0.2, 0.25) is 0 Å². The molecule has 1 amide bonds. The Morgan fingerprint density at radius 2 is 1.86 bits per heavy atom. The summed E-state index contributed by atoms with van der Waals surface area (Å²) in [7, 11) is 0. The van der Waals surface area contributed by atoms with Crippen LogP contribution in [0, 0.1) is 11.8 Å². The summed E-state index contributed by atoms with van der Waals surface area (Å²) in [6.07, 6.45) is 9.55. The monoisotopic (exact) mass is 317 g/mol. The molecule has 4 heteroatoms. The lowest BCUT2D eigenvalue weighted by atomic mass is 9.93. The highest BCUT2D eigenvalue weighted by Crippen LogP contribution is 2.37. The zero-order chi connectivity index (χ0) is 15.1. The number of carbonyl (C=O) groups is 2. The van der Waals surface area contributed by atoms with Gasteiger partial charge in [-0.25, -0.2) is 0 Å². The first-order chi connectivity index (χ1) is 10.7. The van der Waals surface area contributed by atoms with E-state index in [9.17, 15) is 9.59 Å². The molecular formula is C18H23NO2S. The van der Waals surface area contributed by atoms with Crippen molar-refractivity contribution in [1.29, 1.82) is 0 Å². The third-order valence-electron chi connectivity index (χ3n) is 5.09. The summed E-state index contributed by atoms with van der Waals surface area (Å²) in [5, 5.41) is 3.11. The first-order valence-electron chi connectivity index (χ1n) is 8.66. The van der Waals surface area contributed by atoms with Gasteiger partial charge in [-0.1, -0.05) is 0 Å². The number of fused-ring (bicyclic) bond motifs is 1. The molecule has 0 aliphatic heterocycles. The number of amides is 1. The van der Waals surface area contributed by atoms with Gasteiger partial charge in [-0.15, -0.1) is 11.3 Å². The normalized spacial score (nSPS) is 20.5. The number of Topliss-reactive ketones (excluding diaryl/α,β-unsaturated/α-hetero) is 1. The molecule has 1 aromatic heterocycles. The van der Waals surface area contributed by atoms with Crippen molar-refractivity contribution in [1.82, 2.24) is 5.32 Å². The number of nitrogens with one attached hydrogen (secondary N) is 1. The van der Waals surface area contributed by atoms with Gasteiger partial charge < -0.3 is 5.32 Å². The number of hydrogen-bond acceptors (Lipinski definition) is 3. The number of rotatable bonds is 6. The van der Waals surface area contributed by atoms with Gasteiger partial charge in [-0.05, 0) is 62.8 Å². The molecule has 0 aromatic carbocycles. The highest BCUT2D eigenvalue weighted by Gasteiger charge is 2.33. The van der Waals surface area contributed by atoms with Crippen LogP contribution >= 0.6 is 11.3 Å². The topological polar surface area (TPSA) is 46.2 Å². The Labute approximate surface area is 135 Å². The van der Waals surface area contributed by atoms with Crippen LogP contribution in [-0.4, -0.2) is 18.2 Å². The van der Waals surface area contributed by atoms with E-state index in [0.29, 0.717) is 18.1 Å². The molecule has 4 rings (SSSR count). The Morgan fingerprint density at radius 1 is 1.09 bits per heavy atom. The molecule has 0 bridgehead atoms. The molecule has 1 heterocycles. The van der Waals surface area contributed by atoms with Crippen LogP contribution in [0.3, 0.4) is 0 Å². The van der Waals surface area contributed by atoms with E-state index >= 15 is 0 Å². The number of ketones is 1. The van der Waals surface area contributed by atoms with Crippen molar-refractivity contribution < 1.29 is 9.59 Å². The molecule has 1 N–H and O–H groups in total. The molecule has 3 aliphatic carbocycles. The van der Waals surface area contributed by atoms with Crippen LogP contribution in [0.25, 0.3) is 0 Å². The maximum atomic E-state index is 12.7. The molecule has 0 atom stereocenters. The van der Waals surface area contributed by atoms with E-state index in [1.165, 1.54) is 36.1 Å². The minimum atomic E-state index is 0.0740. The Kier molecular flexibility index (Phi) is 3.81. The summed E-state index contributed by atoms with van der Waals surface area (Å²) in [6, 6.07) is 0. The molecule has 3 nitrogen and oxygen atoms in total. The van der Waals surface area contributed by atoms with E-state index in [1.807, 2.05) is 0 Å². The predicted molar refractivity (Wildman–Crippen MR) is 87.5 cm³/mol. The summed E-state index contributed by atoms with van der Waals surface area (Å²) < 4.78 is 0. The van der Waals surface area contributed by atoms with Crippen LogP contribution in [-0.2, 0) is 24.1 Å². The quantitative estimate of drug-likeness (QED) is 0.875. The summed E-state index contributed by atoms with van der Waals surface area (Å²) >= 11 is 1.73. The third kappa shape index (κ3) is 2.98. The summed E-state index contributed by atoms with van der Waals surface area (Å²) in [5.41, 5.74) is 2.12. The van der Waals surface area contributed by atoms with E-state index in [1.54, 1.807) is 11.3 Å². The summed E-state index contributed by atoms with van der Waals surface area (Å²) in [5.74, 6) is 1.39. The molecule has 0 spiro atoms. The molecule has 1 aromatic rings. The fourth-order valence-electron chi connectivity index (χ4n) is 3.37. The highest BCUT2D eigenvalue weighted by atomic mass is 32.1. The first-order valence-corrected chi connectivity index (χ1v) is 9.48. The maximum Gasteiger partial charge on any atom is 0.252 e. The molecule has 2 saturated carbocycles. The number of thiophene rings is 1. The van der Waals surface area contributed by atoms with E-state index < -0.39 is 0 Å². The van der Waals surface area contributed by atoms with Crippen LogP contribution < -0.4 is 5.32 Å². The fourth-order valence-corrected chi connectivity index (χ4v) is 4.77. The second-order valence-corrected chi connectivity index (χ2v) is 8.27. The standard InChI is InChI=1S/C18H23NO2S/c20-14(12-7-8-12)9-16-17(18(21)19-10-11-5-6-11)13-3-1-2-4-15(13)22-16/h11-12H,1-10H2,(H,19,21). The zero-order valence-corrected chi connectivity index (χ0v) is 13.8. The minimum absolute atomic E-state index is 0.0740. The van der Waals surface area contributed by atoms with Crippen molar-refractivity contribution in [3.05, 3.63) is 20.9 Å². The van der Waals surface area contributed by atoms with Crippen molar-refractivity contribution in [2.45, 2.75) is 57.8 Å².